The summed E-state index contributed by atoms with van der Waals surface area (Å²) in [5, 5.41) is 9.00. The van der Waals surface area contributed by atoms with Crippen LogP contribution in [0.2, 0.25) is 0 Å². The van der Waals surface area contributed by atoms with E-state index in [9.17, 15) is 9.59 Å². The predicted molar refractivity (Wildman–Crippen MR) is 79.6 cm³/mol. The summed E-state index contributed by atoms with van der Waals surface area (Å²) in [6, 6.07) is 5.90. The van der Waals surface area contributed by atoms with Gasteiger partial charge in [-0.25, -0.2) is 9.59 Å². The molecule has 0 aliphatic carbocycles. The highest BCUT2D eigenvalue weighted by Gasteiger charge is 2.13. The average molecular weight is 300 g/mol. The number of hydrogen-bond donors (Lipinski definition) is 1. The number of pyridine rings is 2. The largest absolute Gasteiger partial charge is 0.478 e. The Kier molecular flexibility index (Phi) is 4.83. The zero-order valence-corrected chi connectivity index (χ0v) is 12.3. The summed E-state index contributed by atoms with van der Waals surface area (Å²) in [7, 11) is 0. The molecule has 1 atom stereocenters. The van der Waals surface area contributed by atoms with Gasteiger partial charge in [0.1, 0.15) is 0 Å². The number of esters is 1. The third kappa shape index (κ3) is 3.66. The number of carbonyl (C=O) groups is 2. The first kappa shape index (κ1) is 15.6. The van der Waals surface area contributed by atoms with Crippen molar-refractivity contribution in [2.24, 2.45) is 0 Å². The first-order chi connectivity index (χ1) is 10.5. The second-order valence-electron chi connectivity index (χ2n) is 4.79. The van der Waals surface area contributed by atoms with Gasteiger partial charge in [0.25, 0.3) is 0 Å². The highest BCUT2D eigenvalue weighted by atomic mass is 16.5. The van der Waals surface area contributed by atoms with Crippen LogP contribution in [-0.4, -0.2) is 33.1 Å². The van der Waals surface area contributed by atoms with Gasteiger partial charge in [-0.05, 0) is 37.6 Å². The summed E-state index contributed by atoms with van der Waals surface area (Å²) >= 11 is 0. The molecule has 22 heavy (non-hydrogen) atoms. The van der Waals surface area contributed by atoms with Gasteiger partial charge in [-0.3, -0.25) is 9.97 Å². The van der Waals surface area contributed by atoms with Gasteiger partial charge in [0.15, 0.2) is 0 Å². The van der Waals surface area contributed by atoms with E-state index in [1.54, 1.807) is 12.1 Å². The van der Waals surface area contributed by atoms with Gasteiger partial charge in [0.2, 0.25) is 0 Å². The van der Waals surface area contributed by atoms with E-state index in [2.05, 4.69) is 9.97 Å². The molecular weight excluding hydrogens is 284 g/mol. The number of rotatable bonds is 5. The molecule has 0 aliphatic rings. The SMILES string of the molecule is CCC(C)OC(=O)c1ccnc(-c2cc(C(=O)O)ccn2)c1. The predicted octanol–water partition coefficient (Wildman–Crippen LogP) is 2.80. The number of hydrogen-bond acceptors (Lipinski definition) is 5. The van der Waals surface area contributed by atoms with Crippen molar-refractivity contribution in [2.45, 2.75) is 26.4 Å². The maximum absolute atomic E-state index is 12.0. The van der Waals surface area contributed by atoms with Gasteiger partial charge in [-0.15, -0.1) is 0 Å². The number of carboxylic acids is 1. The van der Waals surface area contributed by atoms with Crippen LogP contribution in [0.4, 0.5) is 0 Å². The topological polar surface area (TPSA) is 89.4 Å². The first-order valence-electron chi connectivity index (χ1n) is 6.88. The minimum Gasteiger partial charge on any atom is -0.478 e. The summed E-state index contributed by atoms with van der Waals surface area (Å²) in [6.07, 6.45) is 3.42. The Morgan fingerprint density at radius 1 is 1.14 bits per heavy atom. The van der Waals surface area contributed by atoms with E-state index in [0.717, 1.165) is 6.42 Å². The number of ether oxygens (including phenoxy) is 1. The van der Waals surface area contributed by atoms with Gasteiger partial charge in [-0.2, -0.15) is 0 Å². The lowest BCUT2D eigenvalue weighted by Gasteiger charge is -2.11. The molecule has 0 saturated carbocycles. The smallest absolute Gasteiger partial charge is 0.338 e. The molecule has 2 aromatic heterocycles. The molecule has 0 amide bonds. The third-order valence-electron chi connectivity index (χ3n) is 3.15. The molecule has 1 N–H and O–H groups in total. The third-order valence-corrected chi connectivity index (χ3v) is 3.15. The molecule has 114 valence electrons. The van der Waals surface area contributed by atoms with Crippen LogP contribution in [0.25, 0.3) is 11.4 Å². The Morgan fingerprint density at radius 3 is 2.23 bits per heavy atom. The van der Waals surface area contributed by atoms with Gasteiger partial charge in [0.05, 0.1) is 28.6 Å². The highest BCUT2D eigenvalue weighted by Crippen LogP contribution is 2.17. The van der Waals surface area contributed by atoms with Crippen molar-refractivity contribution in [3.8, 4) is 11.4 Å². The second kappa shape index (κ2) is 6.80. The summed E-state index contributed by atoms with van der Waals surface area (Å²) in [5.41, 5.74) is 1.27. The molecule has 0 aromatic carbocycles. The van der Waals surface area contributed by atoms with Crippen LogP contribution < -0.4 is 0 Å². The number of nitrogens with zero attached hydrogens (tertiary/aromatic N) is 2. The fourth-order valence-corrected chi connectivity index (χ4v) is 1.74. The lowest BCUT2D eigenvalue weighted by atomic mass is 10.1. The second-order valence-corrected chi connectivity index (χ2v) is 4.79. The van der Waals surface area contributed by atoms with E-state index in [1.165, 1.54) is 24.5 Å². The van der Waals surface area contributed by atoms with Crippen molar-refractivity contribution < 1.29 is 19.4 Å². The van der Waals surface area contributed by atoms with Gasteiger partial charge in [0, 0.05) is 12.4 Å². The maximum Gasteiger partial charge on any atom is 0.338 e. The van der Waals surface area contributed by atoms with E-state index >= 15 is 0 Å². The average Bonchev–Trinajstić information content (AvgIpc) is 2.54. The Hall–Kier alpha value is -2.76. The Balaban J connectivity index is 2.30. The Labute approximate surface area is 127 Å². The quantitative estimate of drug-likeness (QED) is 0.854. The van der Waals surface area contributed by atoms with Crippen molar-refractivity contribution in [1.82, 2.24) is 9.97 Å². The monoisotopic (exact) mass is 300 g/mol. The zero-order chi connectivity index (χ0) is 16.1. The molecule has 1 unspecified atom stereocenters. The fourth-order valence-electron chi connectivity index (χ4n) is 1.74. The van der Waals surface area contributed by atoms with Gasteiger partial charge < -0.3 is 9.84 Å². The molecule has 0 radical (unpaired) electrons. The Bertz CT molecular complexity index is 700. The lowest BCUT2D eigenvalue weighted by molar-refractivity contribution is 0.0334. The molecular formula is C16H16N2O4. The maximum atomic E-state index is 12.0. The van der Waals surface area contributed by atoms with Crippen LogP contribution in [-0.2, 0) is 4.74 Å². The summed E-state index contributed by atoms with van der Waals surface area (Å²) in [4.78, 5) is 31.2. The van der Waals surface area contributed by atoms with Crippen molar-refractivity contribution in [2.75, 3.05) is 0 Å². The van der Waals surface area contributed by atoms with E-state index in [4.69, 9.17) is 9.84 Å². The molecule has 2 heterocycles. The van der Waals surface area contributed by atoms with Crippen molar-refractivity contribution >= 4 is 11.9 Å². The van der Waals surface area contributed by atoms with Crippen LogP contribution in [0.1, 0.15) is 41.0 Å². The van der Waals surface area contributed by atoms with E-state index < -0.39 is 11.9 Å². The molecule has 0 spiro atoms. The normalized spacial score (nSPS) is 11.7. The molecule has 0 saturated heterocycles. The molecule has 0 aliphatic heterocycles. The van der Waals surface area contributed by atoms with Crippen LogP contribution in [0, 0.1) is 0 Å². The van der Waals surface area contributed by atoms with E-state index in [-0.39, 0.29) is 11.7 Å². The summed E-state index contributed by atoms with van der Waals surface area (Å²) in [6.45, 7) is 3.75. The van der Waals surface area contributed by atoms with Crippen molar-refractivity contribution in [3.05, 3.63) is 47.8 Å². The van der Waals surface area contributed by atoms with E-state index in [0.29, 0.717) is 17.0 Å². The Morgan fingerprint density at radius 2 is 1.68 bits per heavy atom. The minimum absolute atomic E-state index is 0.111. The molecule has 2 rings (SSSR count). The zero-order valence-electron chi connectivity index (χ0n) is 12.3. The first-order valence-corrected chi connectivity index (χ1v) is 6.88. The van der Waals surface area contributed by atoms with Crippen molar-refractivity contribution in [1.29, 1.82) is 0 Å². The molecule has 2 aromatic rings. The van der Waals surface area contributed by atoms with Crippen LogP contribution in [0.3, 0.4) is 0 Å². The van der Waals surface area contributed by atoms with Gasteiger partial charge in [-0.1, -0.05) is 6.92 Å². The highest BCUT2D eigenvalue weighted by molar-refractivity contribution is 5.91. The minimum atomic E-state index is -1.05. The fraction of sp³-hybridized carbons (Fsp3) is 0.250. The number of aromatic carboxylic acids is 1. The molecule has 0 bridgehead atoms. The van der Waals surface area contributed by atoms with Gasteiger partial charge >= 0.3 is 11.9 Å². The number of carboxylic acid groups (broad SMARTS) is 1. The molecule has 6 heteroatoms. The standard InChI is InChI=1S/C16H16N2O4/c1-3-10(2)22-16(21)12-5-7-18-14(9-12)13-8-11(15(19)20)4-6-17-13/h4-10H,3H2,1-2H3,(H,19,20). The van der Waals surface area contributed by atoms with Crippen LogP contribution >= 0.6 is 0 Å². The molecule has 6 nitrogen and oxygen atoms in total. The van der Waals surface area contributed by atoms with E-state index in [1.807, 2.05) is 13.8 Å². The van der Waals surface area contributed by atoms with Crippen molar-refractivity contribution in [3.63, 3.8) is 0 Å². The summed E-state index contributed by atoms with van der Waals surface area (Å²) in [5.74, 6) is -1.48. The number of carbonyl (C=O) groups excluding carboxylic acids is 1. The van der Waals surface area contributed by atoms with Crippen LogP contribution in [0.5, 0.6) is 0 Å². The number of aromatic nitrogens is 2. The van der Waals surface area contributed by atoms with Crippen LogP contribution in [0.15, 0.2) is 36.7 Å². The summed E-state index contributed by atoms with van der Waals surface area (Å²) < 4.78 is 5.26. The lowest BCUT2D eigenvalue weighted by Crippen LogP contribution is -2.14. The molecule has 0 fully saturated rings.